The number of amides is 1. The highest BCUT2D eigenvalue weighted by Gasteiger charge is 2.37. The van der Waals surface area contributed by atoms with E-state index in [1.54, 1.807) is 6.07 Å². The summed E-state index contributed by atoms with van der Waals surface area (Å²) in [6, 6.07) is 10.8. The van der Waals surface area contributed by atoms with E-state index in [4.69, 9.17) is 4.74 Å². The Labute approximate surface area is 191 Å². The van der Waals surface area contributed by atoms with Crippen LogP contribution in [0.2, 0.25) is 0 Å². The molecule has 1 aromatic carbocycles. The Hall–Kier alpha value is -3.39. The lowest BCUT2D eigenvalue weighted by atomic mass is 9.82. The summed E-state index contributed by atoms with van der Waals surface area (Å²) < 4.78 is 6.82. The maximum atomic E-state index is 13.3. The molecule has 4 heterocycles. The molecular formula is C25H28N4O4. The van der Waals surface area contributed by atoms with E-state index in [0.29, 0.717) is 24.7 Å². The van der Waals surface area contributed by atoms with Gasteiger partial charge in [0.1, 0.15) is 5.69 Å². The second-order valence-corrected chi connectivity index (χ2v) is 9.23. The average Bonchev–Trinajstić information content (AvgIpc) is 3.16. The number of methoxy groups -OCH3 is 1. The monoisotopic (exact) mass is 448 g/mol. The van der Waals surface area contributed by atoms with E-state index in [-0.39, 0.29) is 23.1 Å². The standard InChI is InChI=1S/C25H28N4O4/c1-14-7-8-19-18(9-14)22(23(26-19)25(32)33-3)27-24(31)15(2)28-11-16-10-17(13-28)20-5-4-6-21(30)29(20)12-16/h4-9,15-17,26H,10-13H2,1-3H3,(H,27,31)/t15-,16+,17+/m1/s1. The maximum Gasteiger partial charge on any atom is 0.356 e. The molecule has 2 N–H and O–H groups in total. The van der Waals surface area contributed by atoms with Gasteiger partial charge in [-0.05, 0) is 44.4 Å². The molecule has 3 aromatic rings. The van der Waals surface area contributed by atoms with Gasteiger partial charge in [-0.1, -0.05) is 17.7 Å². The molecule has 0 radical (unpaired) electrons. The zero-order chi connectivity index (χ0) is 23.3. The lowest BCUT2D eigenvalue weighted by molar-refractivity contribution is -0.121. The van der Waals surface area contributed by atoms with Crippen LogP contribution in [-0.2, 0) is 16.1 Å². The number of aryl methyl sites for hydroxylation is 1. The molecule has 1 amide bonds. The highest BCUT2D eigenvalue weighted by molar-refractivity contribution is 6.11. The summed E-state index contributed by atoms with van der Waals surface area (Å²) in [5, 5.41) is 3.78. The van der Waals surface area contributed by atoms with Crippen molar-refractivity contribution in [2.24, 2.45) is 5.92 Å². The van der Waals surface area contributed by atoms with E-state index in [1.807, 2.05) is 48.7 Å². The molecule has 2 aliphatic heterocycles. The number of benzene rings is 1. The molecule has 8 heteroatoms. The SMILES string of the molecule is COC(=O)c1[nH]c2ccc(C)cc2c1NC(=O)[C@@H](C)N1C[C@@H]2C[C@@H](C1)c1cccc(=O)n1C2. The summed E-state index contributed by atoms with van der Waals surface area (Å²) in [4.78, 5) is 43.3. The molecule has 0 unspecified atom stereocenters. The molecule has 0 aliphatic carbocycles. The minimum Gasteiger partial charge on any atom is -0.464 e. The van der Waals surface area contributed by atoms with Crippen LogP contribution in [0.3, 0.4) is 0 Å². The van der Waals surface area contributed by atoms with Gasteiger partial charge in [0.2, 0.25) is 5.91 Å². The Morgan fingerprint density at radius 2 is 2.00 bits per heavy atom. The van der Waals surface area contributed by atoms with E-state index in [2.05, 4.69) is 15.2 Å². The highest BCUT2D eigenvalue weighted by atomic mass is 16.5. The van der Waals surface area contributed by atoms with Crippen molar-refractivity contribution in [3.05, 3.63) is 63.7 Å². The summed E-state index contributed by atoms with van der Waals surface area (Å²) in [5.74, 6) is -0.148. The summed E-state index contributed by atoms with van der Waals surface area (Å²) in [6.07, 6.45) is 1.03. The van der Waals surface area contributed by atoms with Crippen molar-refractivity contribution in [1.82, 2.24) is 14.5 Å². The number of rotatable bonds is 4. The van der Waals surface area contributed by atoms with Gasteiger partial charge in [0, 0.05) is 48.2 Å². The number of nitrogens with zero attached hydrogens (tertiary/aromatic N) is 2. The lowest BCUT2D eigenvalue weighted by Crippen LogP contribution is -2.52. The molecule has 1 saturated heterocycles. The van der Waals surface area contributed by atoms with Crippen LogP contribution in [0.4, 0.5) is 5.69 Å². The van der Waals surface area contributed by atoms with Crippen LogP contribution < -0.4 is 10.9 Å². The number of hydrogen-bond donors (Lipinski definition) is 2. The number of likely N-dealkylation sites (tertiary alicyclic amines) is 1. The minimum absolute atomic E-state index is 0.0476. The first-order valence-electron chi connectivity index (χ1n) is 11.3. The number of pyridine rings is 1. The summed E-state index contributed by atoms with van der Waals surface area (Å²) in [6.45, 7) is 6.01. The molecule has 172 valence electrons. The molecule has 0 saturated carbocycles. The predicted octanol–water partition coefficient (Wildman–Crippen LogP) is 2.87. The minimum atomic E-state index is -0.527. The van der Waals surface area contributed by atoms with Gasteiger partial charge in [-0.2, -0.15) is 0 Å². The van der Waals surface area contributed by atoms with Crippen LogP contribution in [0.15, 0.2) is 41.2 Å². The zero-order valence-corrected chi connectivity index (χ0v) is 19.1. The van der Waals surface area contributed by atoms with E-state index >= 15 is 0 Å². The van der Waals surface area contributed by atoms with Crippen LogP contribution in [0, 0.1) is 12.8 Å². The van der Waals surface area contributed by atoms with Gasteiger partial charge in [0.15, 0.2) is 0 Å². The van der Waals surface area contributed by atoms with Crippen molar-refractivity contribution in [3.63, 3.8) is 0 Å². The van der Waals surface area contributed by atoms with Gasteiger partial charge in [0.25, 0.3) is 5.56 Å². The largest absolute Gasteiger partial charge is 0.464 e. The molecule has 8 nitrogen and oxygen atoms in total. The third kappa shape index (κ3) is 3.74. The number of piperidine rings is 1. The summed E-state index contributed by atoms with van der Waals surface area (Å²) >= 11 is 0. The Bertz CT molecular complexity index is 1310. The van der Waals surface area contributed by atoms with Crippen LogP contribution in [0.1, 0.15) is 41.0 Å². The fourth-order valence-electron chi connectivity index (χ4n) is 5.33. The van der Waals surface area contributed by atoms with E-state index in [1.165, 1.54) is 7.11 Å². The molecule has 2 bridgehead atoms. The number of ether oxygens (including phenoxy) is 1. The summed E-state index contributed by atoms with van der Waals surface area (Å²) in [5.41, 5.74) is 3.58. The fraction of sp³-hybridized carbons (Fsp3) is 0.400. The van der Waals surface area contributed by atoms with Crippen molar-refractivity contribution in [1.29, 1.82) is 0 Å². The number of anilines is 1. The van der Waals surface area contributed by atoms with Crippen molar-refractivity contribution in [2.75, 3.05) is 25.5 Å². The van der Waals surface area contributed by atoms with Gasteiger partial charge in [0.05, 0.1) is 18.8 Å². The van der Waals surface area contributed by atoms with Crippen LogP contribution in [0.5, 0.6) is 0 Å². The number of carbonyl (C=O) groups is 2. The first kappa shape index (κ1) is 21.5. The first-order chi connectivity index (χ1) is 15.9. The quantitative estimate of drug-likeness (QED) is 0.599. The number of esters is 1. The second kappa shape index (κ2) is 8.19. The van der Waals surface area contributed by atoms with Crippen molar-refractivity contribution >= 4 is 28.5 Å². The molecule has 0 spiro atoms. The van der Waals surface area contributed by atoms with E-state index < -0.39 is 12.0 Å². The number of aromatic amines is 1. The van der Waals surface area contributed by atoms with E-state index in [9.17, 15) is 14.4 Å². The van der Waals surface area contributed by atoms with Crippen molar-refractivity contribution in [2.45, 2.75) is 38.8 Å². The number of H-pyrrole nitrogens is 1. The maximum absolute atomic E-state index is 13.3. The molecule has 3 atom stereocenters. The third-order valence-electron chi connectivity index (χ3n) is 7.03. The molecule has 2 aromatic heterocycles. The number of carbonyl (C=O) groups excluding carboxylic acids is 2. The van der Waals surface area contributed by atoms with Gasteiger partial charge >= 0.3 is 5.97 Å². The van der Waals surface area contributed by atoms with Gasteiger partial charge in [-0.25, -0.2) is 4.79 Å². The van der Waals surface area contributed by atoms with Gasteiger partial charge in [-0.3, -0.25) is 14.5 Å². The Morgan fingerprint density at radius 3 is 2.79 bits per heavy atom. The first-order valence-corrected chi connectivity index (χ1v) is 11.3. The predicted molar refractivity (Wildman–Crippen MR) is 126 cm³/mol. The molecule has 1 fully saturated rings. The fourth-order valence-corrected chi connectivity index (χ4v) is 5.33. The van der Waals surface area contributed by atoms with Crippen LogP contribution >= 0.6 is 0 Å². The normalized spacial score (nSPS) is 20.8. The number of fused-ring (bicyclic) bond motifs is 5. The highest BCUT2D eigenvalue weighted by Crippen LogP contribution is 2.36. The number of aromatic nitrogens is 2. The summed E-state index contributed by atoms with van der Waals surface area (Å²) in [7, 11) is 1.32. The van der Waals surface area contributed by atoms with E-state index in [0.717, 1.165) is 35.1 Å². The average molecular weight is 449 g/mol. The smallest absolute Gasteiger partial charge is 0.356 e. The lowest BCUT2D eigenvalue weighted by Gasteiger charge is -2.44. The molecular weight excluding hydrogens is 420 g/mol. The van der Waals surface area contributed by atoms with Gasteiger partial charge in [-0.15, -0.1) is 0 Å². The Balaban J connectivity index is 1.40. The zero-order valence-electron chi connectivity index (χ0n) is 19.1. The Morgan fingerprint density at radius 1 is 1.18 bits per heavy atom. The molecule has 33 heavy (non-hydrogen) atoms. The van der Waals surface area contributed by atoms with Crippen molar-refractivity contribution in [3.8, 4) is 0 Å². The molecule has 2 aliphatic rings. The topological polar surface area (TPSA) is 96.4 Å². The van der Waals surface area contributed by atoms with Crippen LogP contribution in [-0.4, -0.2) is 52.6 Å². The number of nitrogens with one attached hydrogen (secondary N) is 2. The van der Waals surface area contributed by atoms with Crippen LogP contribution in [0.25, 0.3) is 10.9 Å². The van der Waals surface area contributed by atoms with Gasteiger partial charge < -0.3 is 19.6 Å². The number of hydrogen-bond acceptors (Lipinski definition) is 5. The third-order valence-corrected chi connectivity index (χ3v) is 7.03. The second-order valence-electron chi connectivity index (χ2n) is 9.23. The Kier molecular flexibility index (Phi) is 5.32. The molecule has 5 rings (SSSR count). The van der Waals surface area contributed by atoms with Crippen molar-refractivity contribution < 1.29 is 14.3 Å².